The fourth-order valence-corrected chi connectivity index (χ4v) is 3.36. The predicted molar refractivity (Wildman–Crippen MR) is 105 cm³/mol. The number of carbonyl (C=O) groups excluding carboxylic acids is 2. The van der Waals surface area contributed by atoms with Crippen LogP contribution in [0.2, 0.25) is 0 Å². The first-order valence-corrected chi connectivity index (χ1v) is 9.36. The van der Waals surface area contributed by atoms with Gasteiger partial charge in [0.1, 0.15) is 6.61 Å². The highest BCUT2D eigenvalue weighted by Gasteiger charge is 2.41. The minimum atomic E-state index is -4.10. The number of benzene rings is 2. The number of carbonyl (C=O) groups is 3. The van der Waals surface area contributed by atoms with Gasteiger partial charge < -0.3 is 25.6 Å². The third-order valence-corrected chi connectivity index (χ3v) is 4.92. The van der Waals surface area contributed by atoms with Gasteiger partial charge in [0.15, 0.2) is 6.04 Å². The van der Waals surface area contributed by atoms with Crippen LogP contribution in [0.3, 0.4) is 0 Å². The van der Waals surface area contributed by atoms with E-state index in [1.807, 2.05) is 53.8 Å². The number of halogens is 2. The normalized spacial score (nSPS) is 13.6. The third-order valence-electron chi connectivity index (χ3n) is 4.92. The maximum absolute atomic E-state index is 13.9. The highest BCUT2D eigenvalue weighted by molar-refractivity contribution is 5.88. The Labute approximate surface area is 175 Å². The minimum absolute atomic E-state index is 0.0940. The van der Waals surface area contributed by atoms with Crippen molar-refractivity contribution in [2.24, 2.45) is 0 Å². The molecular weight excluding hydrogens is 414 g/mol. The molecule has 0 heterocycles. The molecule has 0 saturated heterocycles. The number of fused-ring (bicyclic) bond motifs is 3. The standard InChI is InChI=1S/C21H20F2N2O6/c22-21(23,19(29)25-17(9-26)18(27)28)11-24-20(30)31-10-16-14-7-3-1-5-12(14)13-6-2-4-8-15(13)16/h1-8,16-17,26H,9-11H2,(H,24,30)(H,25,29)(H,27,28)/t17-/m0/s1. The maximum Gasteiger partial charge on any atom is 0.407 e. The molecule has 2 amide bonds. The average Bonchev–Trinajstić information content (AvgIpc) is 3.08. The van der Waals surface area contributed by atoms with Gasteiger partial charge in [-0.15, -0.1) is 0 Å². The molecule has 4 N–H and O–H groups in total. The number of aliphatic carboxylic acids is 1. The Hall–Kier alpha value is -3.53. The summed E-state index contributed by atoms with van der Waals surface area (Å²) in [5.74, 6) is -7.97. The zero-order valence-electron chi connectivity index (χ0n) is 16.2. The number of nitrogens with one attached hydrogen (secondary N) is 2. The number of aliphatic hydroxyl groups excluding tert-OH is 1. The van der Waals surface area contributed by atoms with E-state index in [4.69, 9.17) is 14.9 Å². The zero-order valence-corrected chi connectivity index (χ0v) is 16.2. The molecule has 1 aliphatic carbocycles. The van der Waals surface area contributed by atoms with Crippen LogP contribution >= 0.6 is 0 Å². The number of carboxylic acids is 1. The Balaban J connectivity index is 1.57. The van der Waals surface area contributed by atoms with Crippen molar-refractivity contribution in [1.82, 2.24) is 10.6 Å². The average molecular weight is 434 g/mol. The summed E-state index contributed by atoms with van der Waals surface area (Å²) in [6.45, 7) is -2.55. The van der Waals surface area contributed by atoms with Gasteiger partial charge in [-0.05, 0) is 22.3 Å². The lowest BCUT2D eigenvalue weighted by Crippen LogP contribution is -2.53. The number of carboxylic acid groups (broad SMARTS) is 1. The molecule has 1 atom stereocenters. The van der Waals surface area contributed by atoms with Crippen LogP contribution < -0.4 is 10.6 Å². The number of ether oxygens (including phenoxy) is 1. The molecule has 3 rings (SSSR count). The van der Waals surface area contributed by atoms with Crippen LogP contribution in [0.25, 0.3) is 11.1 Å². The molecule has 164 valence electrons. The van der Waals surface area contributed by atoms with Crippen LogP contribution in [0.5, 0.6) is 0 Å². The fourth-order valence-electron chi connectivity index (χ4n) is 3.36. The van der Waals surface area contributed by atoms with Crippen LogP contribution in [0.4, 0.5) is 13.6 Å². The molecule has 0 spiro atoms. The van der Waals surface area contributed by atoms with Crippen molar-refractivity contribution in [2.75, 3.05) is 19.8 Å². The van der Waals surface area contributed by atoms with Crippen molar-refractivity contribution in [2.45, 2.75) is 17.9 Å². The molecule has 0 aliphatic heterocycles. The summed E-state index contributed by atoms with van der Waals surface area (Å²) in [4.78, 5) is 34.2. The zero-order chi connectivity index (χ0) is 22.6. The number of alkyl carbamates (subject to hydrolysis) is 1. The molecule has 2 aromatic rings. The van der Waals surface area contributed by atoms with Crippen LogP contribution in [-0.2, 0) is 14.3 Å². The number of rotatable bonds is 8. The molecule has 31 heavy (non-hydrogen) atoms. The molecule has 0 aromatic heterocycles. The summed E-state index contributed by atoms with van der Waals surface area (Å²) in [6.07, 6.45) is -1.15. The largest absolute Gasteiger partial charge is 0.480 e. The molecule has 10 heteroatoms. The van der Waals surface area contributed by atoms with Crippen LogP contribution in [-0.4, -0.2) is 59.9 Å². The third kappa shape index (κ3) is 4.80. The molecule has 0 saturated carbocycles. The topological polar surface area (TPSA) is 125 Å². The predicted octanol–water partition coefficient (Wildman–Crippen LogP) is 1.72. The molecule has 8 nitrogen and oxygen atoms in total. The van der Waals surface area contributed by atoms with E-state index in [0.29, 0.717) is 0 Å². The second kappa shape index (κ2) is 9.09. The van der Waals surface area contributed by atoms with Gasteiger partial charge in [0.2, 0.25) is 0 Å². The van der Waals surface area contributed by atoms with E-state index in [9.17, 15) is 23.2 Å². The minimum Gasteiger partial charge on any atom is -0.480 e. The molecule has 0 radical (unpaired) electrons. The van der Waals surface area contributed by atoms with Crippen LogP contribution in [0.15, 0.2) is 48.5 Å². The summed E-state index contributed by atoms with van der Waals surface area (Å²) in [5, 5.41) is 20.8. The lowest BCUT2D eigenvalue weighted by molar-refractivity contribution is -0.151. The van der Waals surface area contributed by atoms with Gasteiger partial charge >= 0.3 is 18.0 Å². The first-order chi connectivity index (χ1) is 14.7. The molecule has 1 aliphatic rings. The van der Waals surface area contributed by atoms with Crippen molar-refractivity contribution < 1.29 is 38.1 Å². The van der Waals surface area contributed by atoms with Gasteiger partial charge in [0, 0.05) is 5.92 Å². The van der Waals surface area contributed by atoms with E-state index in [0.717, 1.165) is 22.3 Å². The van der Waals surface area contributed by atoms with Crippen LogP contribution in [0.1, 0.15) is 17.0 Å². The van der Waals surface area contributed by atoms with Gasteiger partial charge in [0.25, 0.3) is 5.91 Å². The molecule has 0 bridgehead atoms. The van der Waals surface area contributed by atoms with Gasteiger partial charge in [0.05, 0.1) is 13.2 Å². The summed E-state index contributed by atoms with van der Waals surface area (Å²) in [5.41, 5.74) is 3.91. The monoisotopic (exact) mass is 434 g/mol. The number of alkyl halides is 2. The summed E-state index contributed by atoms with van der Waals surface area (Å²) in [6, 6.07) is 13.3. The number of hydrogen-bond donors (Lipinski definition) is 4. The summed E-state index contributed by atoms with van der Waals surface area (Å²) >= 11 is 0. The second-order valence-electron chi connectivity index (χ2n) is 6.93. The molecule has 0 unspecified atom stereocenters. The maximum atomic E-state index is 13.9. The molecule has 2 aromatic carbocycles. The number of amides is 2. The fraction of sp³-hybridized carbons (Fsp3) is 0.286. The lowest BCUT2D eigenvalue weighted by Gasteiger charge is -2.19. The highest BCUT2D eigenvalue weighted by atomic mass is 19.3. The highest BCUT2D eigenvalue weighted by Crippen LogP contribution is 2.44. The van der Waals surface area contributed by atoms with E-state index < -0.39 is 43.1 Å². The Morgan fingerprint density at radius 2 is 1.58 bits per heavy atom. The second-order valence-corrected chi connectivity index (χ2v) is 6.93. The van der Waals surface area contributed by atoms with Gasteiger partial charge in [-0.1, -0.05) is 48.5 Å². The Morgan fingerprint density at radius 3 is 2.10 bits per heavy atom. The lowest BCUT2D eigenvalue weighted by atomic mass is 9.98. The molecule has 0 fully saturated rings. The van der Waals surface area contributed by atoms with E-state index in [-0.39, 0.29) is 12.5 Å². The Kier molecular flexibility index (Phi) is 6.50. The van der Waals surface area contributed by atoms with Gasteiger partial charge in [-0.25, -0.2) is 9.59 Å². The smallest absolute Gasteiger partial charge is 0.407 e. The van der Waals surface area contributed by atoms with Crippen LogP contribution in [0, 0.1) is 0 Å². The Bertz CT molecular complexity index is 952. The van der Waals surface area contributed by atoms with Crippen molar-refractivity contribution in [1.29, 1.82) is 0 Å². The quantitative estimate of drug-likeness (QED) is 0.502. The van der Waals surface area contributed by atoms with Crippen molar-refractivity contribution in [3.05, 3.63) is 59.7 Å². The van der Waals surface area contributed by atoms with E-state index in [1.54, 1.807) is 0 Å². The van der Waals surface area contributed by atoms with E-state index >= 15 is 0 Å². The SMILES string of the molecule is O=C(NCC(F)(F)C(=O)N[C@@H](CO)C(=O)O)OCC1c2ccccc2-c2ccccc21. The van der Waals surface area contributed by atoms with Gasteiger partial charge in [-0.2, -0.15) is 8.78 Å². The van der Waals surface area contributed by atoms with Crippen molar-refractivity contribution in [3.8, 4) is 11.1 Å². The summed E-state index contributed by atoms with van der Waals surface area (Å²) in [7, 11) is 0. The first kappa shape index (κ1) is 22.2. The van der Waals surface area contributed by atoms with Crippen molar-refractivity contribution >= 4 is 18.0 Å². The molecular formula is C21H20F2N2O6. The van der Waals surface area contributed by atoms with Gasteiger partial charge in [-0.3, -0.25) is 4.79 Å². The first-order valence-electron chi connectivity index (χ1n) is 9.36. The van der Waals surface area contributed by atoms with Crippen molar-refractivity contribution in [3.63, 3.8) is 0 Å². The van der Waals surface area contributed by atoms with E-state index in [1.165, 1.54) is 5.32 Å². The Morgan fingerprint density at radius 1 is 1.03 bits per heavy atom. The summed E-state index contributed by atoms with van der Waals surface area (Å²) < 4.78 is 32.9. The number of aliphatic hydroxyl groups is 1. The van der Waals surface area contributed by atoms with E-state index in [2.05, 4.69) is 0 Å². The number of hydrogen-bond acceptors (Lipinski definition) is 5.